The lowest BCUT2D eigenvalue weighted by molar-refractivity contribution is -0.0730. The Balaban J connectivity index is 2.36. The second-order valence-corrected chi connectivity index (χ2v) is 5.23. The maximum Gasteiger partial charge on any atom is 0.277 e. The van der Waals surface area contributed by atoms with Gasteiger partial charge in [0.15, 0.2) is 0 Å². The minimum Gasteiger partial charge on any atom is -0.496 e. The molecular formula is C15H21F2NO. The molecule has 2 nitrogen and oxygen atoms in total. The third-order valence-corrected chi connectivity index (χ3v) is 4.13. The SMILES string of the molecule is COc1ccc(C(F)(F)C2CCCNC2)c(C)c1C. The lowest BCUT2D eigenvalue weighted by Gasteiger charge is -2.32. The summed E-state index contributed by atoms with van der Waals surface area (Å²) < 4.78 is 34.5. The van der Waals surface area contributed by atoms with Crippen LogP contribution < -0.4 is 10.1 Å². The molecule has 0 radical (unpaired) electrons. The summed E-state index contributed by atoms with van der Waals surface area (Å²) in [6.07, 6.45) is 1.39. The van der Waals surface area contributed by atoms with Crippen LogP contribution in [0, 0.1) is 19.8 Å². The van der Waals surface area contributed by atoms with E-state index in [0.717, 1.165) is 18.5 Å². The van der Waals surface area contributed by atoms with Crippen LogP contribution in [0.3, 0.4) is 0 Å². The monoisotopic (exact) mass is 269 g/mol. The zero-order chi connectivity index (χ0) is 14.0. The molecule has 1 saturated heterocycles. The van der Waals surface area contributed by atoms with Crippen molar-refractivity contribution < 1.29 is 13.5 Å². The van der Waals surface area contributed by atoms with Crippen molar-refractivity contribution in [1.82, 2.24) is 5.32 Å². The average molecular weight is 269 g/mol. The molecule has 1 aliphatic heterocycles. The minimum atomic E-state index is -2.78. The standard InChI is InChI=1S/C15H21F2NO/c1-10-11(2)14(19-3)7-6-13(10)15(16,17)12-5-4-8-18-9-12/h6-7,12,18H,4-5,8-9H2,1-3H3. The molecule has 106 valence electrons. The van der Waals surface area contributed by atoms with Crippen molar-refractivity contribution in [1.29, 1.82) is 0 Å². The molecule has 0 amide bonds. The van der Waals surface area contributed by atoms with E-state index in [2.05, 4.69) is 5.32 Å². The van der Waals surface area contributed by atoms with Crippen LogP contribution in [-0.2, 0) is 5.92 Å². The molecule has 1 fully saturated rings. The van der Waals surface area contributed by atoms with Crippen molar-refractivity contribution in [2.45, 2.75) is 32.6 Å². The molecule has 0 spiro atoms. The van der Waals surface area contributed by atoms with Gasteiger partial charge in [0.25, 0.3) is 5.92 Å². The van der Waals surface area contributed by atoms with Crippen molar-refractivity contribution >= 4 is 0 Å². The van der Waals surface area contributed by atoms with Gasteiger partial charge < -0.3 is 10.1 Å². The summed E-state index contributed by atoms with van der Waals surface area (Å²) in [5.74, 6) is -2.74. The molecule has 0 aromatic heterocycles. The maximum atomic E-state index is 14.6. The number of methoxy groups -OCH3 is 1. The Morgan fingerprint density at radius 1 is 1.26 bits per heavy atom. The second kappa shape index (κ2) is 5.45. The van der Waals surface area contributed by atoms with E-state index < -0.39 is 11.8 Å². The predicted octanol–water partition coefficient (Wildman–Crippen LogP) is 3.40. The van der Waals surface area contributed by atoms with Crippen molar-refractivity contribution in [3.8, 4) is 5.75 Å². The highest BCUT2D eigenvalue weighted by atomic mass is 19.3. The van der Waals surface area contributed by atoms with E-state index in [0.29, 0.717) is 24.3 Å². The Hall–Kier alpha value is -1.16. The summed E-state index contributed by atoms with van der Waals surface area (Å²) in [5, 5.41) is 3.06. The molecule has 1 N–H and O–H groups in total. The Morgan fingerprint density at radius 2 is 2.00 bits per heavy atom. The van der Waals surface area contributed by atoms with Gasteiger partial charge in [-0.05, 0) is 56.5 Å². The predicted molar refractivity (Wildman–Crippen MR) is 72.0 cm³/mol. The first-order chi connectivity index (χ1) is 8.98. The Morgan fingerprint density at radius 3 is 2.58 bits per heavy atom. The minimum absolute atomic E-state index is 0.138. The van der Waals surface area contributed by atoms with E-state index in [-0.39, 0.29) is 5.56 Å². The van der Waals surface area contributed by atoms with Gasteiger partial charge in [-0.15, -0.1) is 0 Å². The van der Waals surface area contributed by atoms with Crippen LogP contribution in [0.1, 0.15) is 29.5 Å². The van der Waals surface area contributed by atoms with Crippen molar-refractivity contribution in [2.75, 3.05) is 20.2 Å². The number of nitrogens with one attached hydrogen (secondary N) is 1. The van der Waals surface area contributed by atoms with Crippen LogP contribution in [-0.4, -0.2) is 20.2 Å². The van der Waals surface area contributed by atoms with Crippen LogP contribution in [0.4, 0.5) is 8.78 Å². The zero-order valence-electron chi connectivity index (χ0n) is 11.7. The Bertz CT molecular complexity index is 454. The summed E-state index contributed by atoms with van der Waals surface area (Å²) in [6.45, 7) is 4.80. The van der Waals surface area contributed by atoms with Crippen LogP contribution in [0.15, 0.2) is 12.1 Å². The van der Waals surface area contributed by atoms with E-state index in [1.54, 1.807) is 20.1 Å². The first-order valence-electron chi connectivity index (χ1n) is 6.71. The van der Waals surface area contributed by atoms with Gasteiger partial charge in [0.1, 0.15) is 5.75 Å². The highest BCUT2D eigenvalue weighted by Crippen LogP contribution is 2.42. The first-order valence-corrected chi connectivity index (χ1v) is 6.71. The third kappa shape index (κ3) is 2.59. The highest BCUT2D eigenvalue weighted by molar-refractivity contribution is 5.45. The van der Waals surface area contributed by atoms with Crippen molar-refractivity contribution in [2.24, 2.45) is 5.92 Å². The number of piperidine rings is 1. The van der Waals surface area contributed by atoms with Gasteiger partial charge in [0.2, 0.25) is 0 Å². The summed E-state index contributed by atoms with van der Waals surface area (Å²) in [4.78, 5) is 0. The number of rotatable bonds is 3. The highest BCUT2D eigenvalue weighted by Gasteiger charge is 2.42. The summed E-state index contributed by atoms with van der Waals surface area (Å²) in [5.41, 5.74) is 1.57. The largest absolute Gasteiger partial charge is 0.496 e. The molecule has 1 unspecified atom stereocenters. The molecule has 0 saturated carbocycles. The van der Waals surface area contributed by atoms with Gasteiger partial charge in [-0.3, -0.25) is 0 Å². The molecular weight excluding hydrogens is 248 g/mol. The molecule has 1 aromatic carbocycles. The Labute approximate surface area is 113 Å². The molecule has 1 heterocycles. The van der Waals surface area contributed by atoms with Crippen LogP contribution in [0.2, 0.25) is 0 Å². The quantitative estimate of drug-likeness (QED) is 0.908. The second-order valence-electron chi connectivity index (χ2n) is 5.23. The molecule has 2 rings (SSSR count). The normalized spacial score (nSPS) is 20.4. The number of benzene rings is 1. The fourth-order valence-electron chi connectivity index (χ4n) is 2.76. The first kappa shape index (κ1) is 14.3. The van der Waals surface area contributed by atoms with Gasteiger partial charge in [-0.1, -0.05) is 0 Å². The van der Waals surface area contributed by atoms with Crippen molar-refractivity contribution in [3.63, 3.8) is 0 Å². The lowest BCUT2D eigenvalue weighted by atomic mass is 9.85. The number of halogens is 2. The fraction of sp³-hybridized carbons (Fsp3) is 0.600. The van der Waals surface area contributed by atoms with E-state index in [1.165, 1.54) is 6.07 Å². The smallest absolute Gasteiger partial charge is 0.277 e. The van der Waals surface area contributed by atoms with Gasteiger partial charge in [-0.25, -0.2) is 8.78 Å². The average Bonchev–Trinajstić information content (AvgIpc) is 2.42. The maximum absolute atomic E-state index is 14.6. The van der Waals surface area contributed by atoms with Gasteiger partial charge in [-0.2, -0.15) is 0 Å². The topological polar surface area (TPSA) is 21.3 Å². The Kier molecular flexibility index (Phi) is 4.09. The molecule has 0 aliphatic carbocycles. The number of ether oxygens (including phenoxy) is 1. The zero-order valence-corrected chi connectivity index (χ0v) is 11.7. The lowest BCUT2D eigenvalue weighted by Crippen LogP contribution is -2.39. The number of hydrogen-bond donors (Lipinski definition) is 1. The third-order valence-electron chi connectivity index (χ3n) is 4.13. The van der Waals surface area contributed by atoms with Gasteiger partial charge in [0, 0.05) is 18.0 Å². The molecule has 0 bridgehead atoms. The number of hydrogen-bond acceptors (Lipinski definition) is 2. The molecule has 19 heavy (non-hydrogen) atoms. The summed E-state index contributed by atoms with van der Waals surface area (Å²) >= 11 is 0. The summed E-state index contributed by atoms with van der Waals surface area (Å²) in [6, 6.07) is 3.15. The van der Waals surface area contributed by atoms with E-state index in [9.17, 15) is 8.78 Å². The van der Waals surface area contributed by atoms with Crippen LogP contribution >= 0.6 is 0 Å². The van der Waals surface area contributed by atoms with Crippen LogP contribution in [0.25, 0.3) is 0 Å². The molecule has 1 aliphatic rings. The molecule has 4 heteroatoms. The number of alkyl halides is 2. The van der Waals surface area contributed by atoms with Gasteiger partial charge >= 0.3 is 0 Å². The van der Waals surface area contributed by atoms with Gasteiger partial charge in [0.05, 0.1) is 7.11 Å². The van der Waals surface area contributed by atoms with Crippen LogP contribution in [0.5, 0.6) is 5.75 Å². The molecule has 1 aromatic rings. The fourth-order valence-corrected chi connectivity index (χ4v) is 2.76. The van der Waals surface area contributed by atoms with E-state index in [4.69, 9.17) is 4.74 Å². The van der Waals surface area contributed by atoms with E-state index in [1.807, 2.05) is 6.92 Å². The van der Waals surface area contributed by atoms with E-state index >= 15 is 0 Å². The summed E-state index contributed by atoms with van der Waals surface area (Å²) in [7, 11) is 1.56. The van der Waals surface area contributed by atoms with Crippen molar-refractivity contribution in [3.05, 3.63) is 28.8 Å². The molecule has 1 atom stereocenters.